The average molecular weight is 168 g/mol. The molecule has 3 nitrogen and oxygen atoms in total. The van der Waals surface area contributed by atoms with E-state index < -0.39 is 6.29 Å². The Hall–Kier alpha value is -1.06. The highest BCUT2D eigenvalue weighted by atomic mass is 16.7. The van der Waals surface area contributed by atoms with Crippen molar-refractivity contribution >= 4 is 0 Å². The lowest BCUT2D eigenvalue weighted by atomic mass is 10.3. The fraction of sp³-hybridized carbons (Fsp3) is 0.333. The van der Waals surface area contributed by atoms with Crippen molar-refractivity contribution in [1.29, 1.82) is 0 Å². The van der Waals surface area contributed by atoms with E-state index in [1.165, 1.54) is 6.92 Å². The van der Waals surface area contributed by atoms with E-state index in [0.717, 1.165) is 5.75 Å². The lowest BCUT2D eigenvalue weighted by Crippen LogP contribution is -2.11. The first-order valence-electron chi connectivity index (χ1n) is 3.76. The van der Waals surface area contributed by atoms with Gasteiger partial charge < -0.3 is 14.6 Å². The van der Waals surface area contributed by atoms with Gasteiger partial charge >= 0.3 is 0 Å². The third-order valence-corrected chi connectivity index (χ3v) is 1.28. The topological polar surface area (TPSA) is 38.7 Å². The van der Waals surface area contributed by atoms with Crippen LogP contribution in [0.5, 0.6) is 5.75 Å². The predicted molar refractivity (Wildman–Crippen MR) is 44.7 cm³/mol. The monoisotopic (exact) mass is 168 g/mol. The number of aliphatic hydroxyl groups is 1. The highest BCUT2D eigenvalue weighted by Crippen LogP contribution is 2.07. The Morgan fingerprint density at radius 3 is 2.58 bits per heavy atom. The van der Waals surface area contributed by atoms with Crippen molar-refractivity contribution in [2.24, 2.45) is 0 Å². The first-order chi connectivity index (χ1) is 5.79. The molecule has 0 saturated heterocycles. The van der Waals surface area contributed by atoms with Gasteiger partial charge in [-0.3, -0.25) is 0 Å². The molecule has 0 heterocycles. The van der Waals surface area contributed by atoms with Crippen molar-refractivity contribution in [3.05, 3.63) is 30.3 Å². The van der Waals surface area contributed by atoms with E-state index in [2.05, 4.69) is 0 Å². The lowest BCUT2D eigenvalue weighted by Gasteiger charge is -2.08. The van der Waals surface area contributed by atoms with Crippen LogP contribution >= 0.6 is 0 Å². The molecule has 1 N–H and O–H groups in total. The molecule has 0 aliphatic rings. The average Bonchev–Trinajstić information content (AvgIpc) is 2.05. The largest absolute Gasteiger partial charge is 0.467 e. The maximum atomic E-state index is 8.73. The third kappa shape index (κ3) is 3.37. The second kappa shape index (κ2) is 4.74. The maximum absolute atomic E-state index is 8.73. The van der Waals surface area contributed by atoms with E-state index in [-0.39, 0.29) is 6.79 Å². The van der Waals surface area contributed by atoms with E-state index in [1.54, 1.807) is 0 Å². The number of aliphatic hydroxyl groups excluding tert-OH is 1. The molecule has 0 amide bonds. The standard InChI is InChI=1S/C9H12O3/c1-8(10)11-7-12-9-5-3-2-4-6-9/h2-6,8,10H,7H2,1H3. The van der Waals surface area contributed by atoms with E-state index in [1.807, 2.05) is 30.3 Å². The summed E-state index contributed by atoms with van der Waals surface area (Å²) in [6, 6.07) is 9.30. The molecule has 0 spiro atoms. The summed E-state index contributed by atoms with van der Waals surface area (Å²) >= 11 is 0. The zero-order chi connectivity index (χ0) is 8.81. The Morgan fingerprint density at radius 1 is 1.33 bits per heavy atom. The number of benzene rings is 1. The molecule has 1 aromatic carbocycles. The van der Waals surface area contributed by atoms with E-state index >= 15 is 0 Å². The van der Waals surface area contributed by atoms with Crippen LogP contribution in [0.1, 0.15) is 6.92 Å². The summed E-state index contributed by atoms with van der Waals surface area (Å²) in [6.07, 6.45) is -0.784. The number of rotatable bonds is 4. The molecule has 0 saturated carbocycles. The molecule has 0 aliphatic carbocycles. The fourth-order valence-electron chi connectivity index (χ4n) is 0.717. The highest BCUT2D eigenvalue weighted by Gasteiger charge is 1.94. The Balaban J connectivity index is 2.25. The Labute approximate surface area is 71.5 Å². The summed E-state index contributed by atoms with van der Waals surface area (Å²) in [7, 11) is 0. The first kappa shape index (κ1) is 9.03. The van der Waals surface area contributed by atoms with Crippen molar-refractivity contribution in [1.82, 2.24) is 0 Å². The number of para-hydroxylation sites is 1. The van der Waals surface area contributed by atoms with E-state index in [0.29, 0.717) is 0 Å². The van der Waals surface area contributed by atoms with Crippen LogP contribution in [-0.4, -0.2) is 18.2 Å². The molecule has 0 radical (unpaired) electrons. The van der Waals surface area contributed by atoms with Crippen LogP contribution in [0.15, 0.2) is 30.3 Å². The van der Waals surface area contributed by atoms with Crippen molar-refractivity contribution in [2.75, 3.05) is 6.79 Å². The molecular formula is C9H12O3. The van der Waals surface area contributed by atoms with Crippen LogP contribution in [0.3, 0.4) is 0 Å². The molecule has 0 fully saturated rings. The van der Waals surface area contributed by atoms with Gasteiger partial charge in [-0.25, -0.2) is 0 Å². The van der Waals surface area contributed by atoms with Crippen LogP contribution in [0.4, 0.5) is 0 Å². The molecule has 66 valence electrons. The minimum atomic E-state index is -0.784. The van der Waals surface area contributed by atoms with Crippen molar-refractivity contribution in [2.45, 2.75) is 13.2 Å². The summed E-state index contributed by atoms with van der Waals surface area (Å²) in [6.45, 7) is 1.61. The van der Waals surface area contributed by atoms with Gasteiger partial charge in [0, 0.05) is 0 Å². The maximum Gasteiger partial charge on any atom is 0.191 e. The molecule has 3 heteroatoms. The van der Waals surface area contributed by atoms with Crippen LogP contribution in [0.2, 0.25) is 0 Å². The molecule has 0 aromatic heterocycles. The molecule has 1 aromatic rings. The van der Waals surface area contributed by atoms with Gasteiger partial charge in [-0.05, 0) is 19.1 Å². The third-order valence-electron chi connectivity index (χ3n) is 1.28. The summed E-state index contributed by atoms with van der Waals surface area (Å²) in [5.74, 6) is 0.734. The van der Waals surface area contributed by atoms with Crippen LogP contribution in [0, 0.1) is 0 Å². The molecule has 12 heavy (non-hydrogen) atoms. The van der Waals surface area contributed by atoms with E-state index in [4.69, 9.17) is 14.6 Å². The quantitative estimate of drug-likeness (QED) is 0.690. The number of hydrogen-bond donors (Lipinski definition) is 1. The van der Waals surface area contributed by atoms with Crippen molar-refractivity contribution < 1.29 is 14.6 Å². The van der Waals surface area contributed by atoms with Gasteiger partial charge in [-0.1, -0.05) is 18.2 Å². The summed E-state index contributed by atoms with van der Waals surface area (Å²) in [5.41, 5.74) is 0. The summed E-state index contributed by atoms with van der Waals surface area (Å²) in [5, 5.41) is 8.73. The normalized spacial score (nSPS) is 12.5. The SMILES string of the molecule is CC(O)OCOc1ccccc1. The van der Waals surface area contributed by atoms with Gasteiger partial charge in [0.25, 0.3) is 0 Å². The Kier molecular flexibility index (Phi) is 3.57. The molecule has 1 atom stereocenters. The van der Waals surface area contributed by atoms with Gasteiger partial charge in [0.1, 0.15) is 5.75 Å². The highest BCUT2D eigenvalue weighted by molar-refractivity contribution is 5.20. The Bertz CT molecular complexity index is 208. The second-order valence-corrected chi connectivity index (χ2v) is 2.34. The van der Waals surface area contributed by atoms with Crippen LogP contribution < -0.4 is 4.74 Å². The minimum absolute atomic E-state index is 0.0711. The Morgan fingerprint density at radius 2 is 2.00 bits per heavy atom. The van der Waals surface area contributed by atoms with E-state index in [9.17, 15) is 0 Å². The zero-order valence-electron chi connectivity index (χ0n) is 6.93. The molecule has 1 rings (SSSR count). The zero-order valence-corrected chi connectivity index (χ0v) is 6.93. The van der Waals surface area contributed by atoms with Crippen LogP contribution in [0.25, 0.3) is 0 Å². The summed E-state index contributed by atoms with van der Waals surface area (Å²) in [4.78, 5) is 0. The van der Waals surface area contributed by atoms with Gasteiger partial charge in [0.05, 0.1) is 0 Å². The van der Waals surface area contributed by atoms with Gasteiger partial charge in [0.2, 0.25) is 0 Å². The fourth-order valence-corrected chi connectivity index (χ4v) is 0.717. The van der Waals surface area contributed by atoms with Gasteiger partial charge in [-0.15, -0.1) is 0 Å². The minimum Gasteiger partial charge on any atom is -0.467 e. The molecule has 0 aliphatic heterocycles. The molecule has 1 unspecified atom stereocenters. The van der Waals surface area contributed by atoms with Crippen molar-refractivity contribution in [3.63, 3.8) is 0 Å². The number of ether oxygens (including phenoxy) is 2. The van der Waals surface area contributed by atoms with Crippen LogP contribution in [-0.2, 0) is 4.74 Å². The first-order valence-corrected chi connectivity index (χ1v) is 3.76. The van der Waals surface area contributed by atoms with Crippen molar-refractivity contribution in [3.8, 4) is 5.75 Å². The smallest absolute Gasteiger partial charge is 0.191 e. The predicted octanol–water partition coefficient (Wildman–Crippen LogP) is 1.38. The van der Waals surface area contributed by atoms with Gasteiger partial charge in [-0.2, -0.15) is 0 Å². The second-order valence-electron chi connectivity index (χ2n) is 2.34. The molecule has 0 bridgehead atoms. The van der Waals surface area contributed by atoms with Gasteiger partial charge in [0.15, 0.2) is 13.1 Å². The number of hydrogen-bond acceptors (Lipinski definition) is 3. The summed E-state index contributed by atoms with van der Waals surface area (Å²) < 4.78 is 9.91. The molecular weight excluding hydrogens is 156 g/mol. The lowest BCUT2D eigenvalue weighted by molar-refractivity contribution is -0.131.